The fourth-order valence-electron chi connectivity index (χ4n) is 2.11. The van der Waals surface area contributed by atoms with Gasteiger partial charge in [0, 0.05) is 13.1 Å². The molecule has 0 radical (unpaired) electrons. The summed E-state index contributed by atoms with van der Waals surface area (Å²) in [5.74, 6) is 0. The fourth-order valence-corrected chi connectivity index (χ4v) is 2.72. The maximum Gasteiger partial charge on any atom is 0.106 e. The monoisotopic (exact) mass is 437 g/mol. The Labute approximate surface area is 172 Å². The summed E-state index contributed by atoms with van der Waals surface area (Å²) in [6.45, 7) is 1.68. The van der Waals surface area contributed by atoms with E-state index in [0.717, 1.165) is 12.2 Å². The van der Waals surface area contributed by atoms with Gasteiger partial charge in [0.15, 0.2) is 0 Å². The Bertz CT molecular complexity index is 726. The van der Waals surface area contributed by atoms with Gasteiger partial charge in [-0.2, -0.15) is 0 Å². The molecule has 0 aromatic heterocycles. The number of aliphatic hydroxyl groups excluding tert-OH is 2. The van der Waals surface area contributed by atoms with Gasteiger partial charge >= 0.3 is 0 Å². The first-order valence-electron chi connectivity index (χ1n) is 7.93. The molecule has 0 spiro atoms. The van der Waals surface area contributed by atoms with Gasteiger partial charge in [-0.1, -0.05) is 58.5 Å². The zero-order chi connectivity index (χ0) is 19.1. The minimum Gasteiger partial charge on any atom is -0.395 e. The summed E-state index contributed by atoms with van der Waals surface area (Å²) >= 11 is 23.1. The van der Waals surface area contributed by atoms with E-state index in [1.165, 1.54) is 0 Å². The molecule has 0 bridgehead atoms. The van der Waals surface area contributed by atoms with Crippen molar-refractivity contribution in [1.29, 1.82) is 0 Å². The number of epoxide rings is 1. The molecule has 2 aromatic carbocycles. The van der Waals surface area contributed by atoms with Crippen molar-refractivity contribution in [3.8, 4) is 0 Å². The summed E-state index contributed by atoms with van der Waals surface area (Å²) < 4.78 is 5.09. The lowest BCUT2D eigenvalue weighted by molar-refractivity contribution is 0.171. The highest BCUT2D eigenvalue weighted by Crippen LogP contribution is 2.33. The molecule has 142 valence electrons. The molecule has 1 aliphatic heterocycles. The zero-order valence-corrected chi connectivity index (χ0v) is 16.8. The van der Waals surface area contributed by atoms with Crippen molar-refractivity contribution in [2.24, 2.45) is 0 Å². The van der Waals surface area contributed by atoms with E-state index < -0.39 is 6.10 Å². The highest BCUT2D eigenvalue weighted by molar-refractivity contribution is 6.42. The number of halogens is 4. The molecule has 8 heteroatoms. The lowest BCUT2D eigenvalue weighted by Gasteiger charge is -2.12. The number of nitrogens with one attached hydrogen (secondary N) is 1. The Hall–Kier alpha value is -0.560. The molecule has 2 atom stereocenters. The number of rotatable bonds is 6. The normalized spacial score (nSPS) is 16.6. The van der Waals surface area contributed by atoms with Crippen LogP contribution < -0.4 is 5.32 Å². The largest absolute Gasteiger partial charge is 0.395 e. The number of aliphatic hydroxyl groups is 2. The molecule has 4 nitrogen and oxygen atoms in total. The highest BCUT2D eigenvalue weighted by Gasteiger charge is 2.24. The van der Waals surface area contributed by atoms with Crippen molar-refractivity contribution in [2.75, 3.05) is 26.3 Å². The number of hydrogen-bond donors (Lipinski definition) is 3. The van der Waals surface area contributed by atoms with E-state index in [0.29, 0.717) is 38.7 Å². The summed E-state index contributed by atoms with van der Waals surface area (Å²) in [5, 5.41) is 23.2. The van der Waals surface area contributed by atoms with E-state index in [1.54, 1.807) is 24.3 Å². The number of benzene rings is 2. The van der Waals surface area contributed by atoms with Crippen molar-refractivity contribution in [3.63, 3.8) is 0 Å². The van der Waals surface area contributed by atoms with Crippen molar-refractivity contribution in [1.82, 2.24) is 5.32 Å². The fraction of sp³-hybridized carbons (Fsp3) is 0.333. The highest BCUT2D eigenvalue weighted by atomic mass is 35.5. The molecule has 0 saturated carbocycles. The molecule has 3 N–H and O–H groups in total. The number of hydrogen-bond acceptors (Lipinski definition) is 4. The first kappa shape index (κ1) is 21.7. The molecule has 2 aromatic rings. The minimum absolute atomic E-state index is 0.0497. The lowest BCUT2D eigenvalue weighted by atomic mass is 10.1. The Morgan fingerprint density at radius 1 is 1.00 bits per heavy atom. The van der Waals surface area contributed by atoms with Crippen molar-refractivity contribution >= 4 is 46.4 Å². The molecule has 0 unspecified atom stereocenters. The SMILES string of the molecule is Clc1ccc([C@@H]2CO2)cc1Cl.OCCNC[C@H](O)c1ccc(Cl)c(Cl)c1. The summed E-state index contributed by atoms with van der Waals surface area (Å²) in [7, 11) is 0. The van der Waals surface area contributed by atoms with Crippen molar-refractivity contribution in [2.45, 2.75) is 12.2 Å². The summed E-state index contributed by atoms with van der Waals surface area (Å²) in [6, 6.07) is 10.6. The van der Waals surface area contributed by atoms with Crippen LogP contribution in [0, 0.1) is 0 Å². The standard InChI is InChI=1S/C10H13Cl2NO2.C8H6Cl2O/c11-8-2-1-7(5-9(8)12)10(15)6-13-3-4-14;9-6-2-1-5(3-7(6)10)8-4-11-8/h1-2,5,10,13-15H,3-4,6H2;1-3,8H,4H2/t10-;8-/m00/s1. The smallest absolute Gasteiger partial charge is 0.106 e. The quantitative estimate of drug-likeness (QED) is 0.452. The van der Waals surface area contributed by atoms with E-state index in [2.05, 4.69) is 5.32 Å². The van der Waals surface area contributed by atoms with E-state index in [-0.39, 0.29) is 12.7 Å². The van der Waals surface area contributed by atoms with Crippen LogP contribution in [-0.4, -0.2) is 36.5 Å². The second-order valence-electron chi connectivity index (χ2n) is 5.61. The van der Waals surface area contributed by atoms with Gasteiger partial charge in [0.25, 0.3) is 0 Å². The molecular weight excluding hydrogens is 420 g/mol. The second-order valence-corrected chi connectivity index (χ2v) is 7.24. The van der Waals surface area contributed by atoms with Crippen LogP contribution in [-0.2, 0) is 4.74 Å². The van der Waals surface area contributed by atoms with Crippen LogP contribution in [0.15, 0.2) is 36.4 Å². The molecule has 1 saturated heterocycles. The third-order valence-corrected chi connectivity index (χ3v) is 5.08. The zero-order valence-electron chi connectivity index (χ0n) is 13.8. The maximum atomic E-state index is 9.72. The predicted molar refractivity (Wildman–Crippen MR) is 107 cm³/mol. The summed E-state index contributed by atoms with van der Waals surface area (Å²) in [6.07, 6.45) is -0.393. The summed E-state index contributed by atoms with van der Waals surface area (Å²) in [4.78, 5) is 0. The summed E-state index contributed by atoms with van der Waals surface area (Å²) in [5.41, 5.74) is 1.81. The van der Waals surface area contributed by atoms with E-state index >= 15 is 0 Å². The number of ether oxygens (including phenoxy) is 1. The second kappa shape index (κ2) is 10.7. The lowest BCUT2D eigenvalue weighted by Crippen LogP contribution is -2.24. The molecule has 3 rings (SSSR count). The van der Waals surface area contributed by atoms with Crippen LogP contribution in [0.3, 0.4) is 0 Å². The molecule has 1 heterocycles. The topological polar surface area (TPSA) is 65.0 Å². The molecule has 1 aliphatic rings. The molecule has 1 fully saturated rings. The van der Waals surface area contributed by atoms with Crippen LogP contribution in [0.2, 0.25) is 20.1 Å². The average Bonchev–Trinajstić information content (AvgIpc) is 3.45. The van der Waals surface area contributed by atoms with Crippen LogP contribution in [0.1, 0.15) is 23.3 Å². The van der Waals surface area contributed by atoms with Gasteiger partial charge in [0.05, 0.1) is 39.4 Å². The van der Waals surface area contributed by atoms with Crippen molar-refractivity contribution in [3.05, 3.63) is 67.6 Å². The van der Waals surface area contributed by atoms with Crippen molar-refractivity contribution < 1.29 is 14.9 Å². The third kappa shape index (κ3) is 6.87. The van der Waals surface area contributed by atoms with Gasteiger partial charge in [-0.15, -0.1) is 0 Å². The van der Waals surface area contributed by atoms with Crippen LogP contribution in [0.25, 0.3) is 0 Å². The Morgan fingerprint density at radius 2 is 1.62 bits per heavy atom. The molecule has 0 aliphatic carbocycles. The first-order valence-corrected chi connectivity index (χ1v) is 9.44. The van der Waals surface area contributed by atoms with E-state index in [9.17, 15) is 5.11 Å². The van der Waals surface area contributed by atoms with Crippen LogP contribution in [0.4, 0.5) is 0 Å². The van der Waals surface area contributed by atoms with Gasteiger partial charge in [-0.25, -0.2) is 0 Å². The molecule has 26 heavy (non-hydrogen) atoms. The Morgan fingerprint density at radius 3 is 2.15 bits per heavy atom. The van der Waals surface area contributed by atoms with Crippen LogP contribution >= 0.6 is 46.4 Å². The molecular formula is C18H19Cl4NO3. The van der Waals surface area contributed by atoms with Gasteiger partial charge in [0.1, 0.15) is 6.10 Å². The Balaban J connectivity index is 0.000000195. The first-order chi connectivity index (χ1) is 12.4. The van der Waals surface area contributed by atoms with E-state index in [1.807, 2.05) is 12.1 Å². The maximum absolute atomic E-state index is 9.72. The van der Waals surface area contributed by atoms with Gasteiger partial charge in [-0.05, 0) is 35.4 Å². The average molecular weight is 439 g/mol. The Kier molecular flexibility index (Phi) is 8.94. The third-order valence-electron chi connectivity index (χ3n) is 3.60. The molecule has 0 amide bonds. The van der Waals surface area contributed by atoms with Gasteiger partial charge in [-0.3, -0.25) is 0 Å². The minimum atomic E-state index is -0.647. The van der Waals surface area contributed by atoms with Gasteiger partial charge < -0.3 is 20.3 Å². The predicted octanol–water partition coefficient (Wildman–Crippen LogP) is 4.67. The van der Waals surface area contributed by atoms with Crippen LogP contribution in [0.5, 0.6) is 0 Å². The van der Waals surface area contributed by atoms with E-state index in [4.69, 9.17) is 56.2 Å². The van der Waals surface area contributed by atoms with Gasteiger partial charge in [0.2, 0.25) is 0 Å².